The summed E-state index contributed by atoms with van der Waals surface area (Å²) in [7, 11) is 0. The molecule has 140 valence electrons. The molecule has 3 nitrogen and oxygen atoms in total. The van der Waals surface area contributed by atoms with Crippen LogP contribution < -0.4 is 0 Å². The number of Topliss-reactive ketones (excluding diaryl/α,β-unsaturated/α-hetero) is 1. The fourth-order valence-electron chi connectivity index (χ4n) is 5.64. The van der Waals surface area contributed by atoms with Crippen molar-refractivity contribution < 1.29 is 27.5 Å². The van der Waals surface area contributed by atoms with Crippen molar-refractivity contribution in [1.29, 1.82) is 0 Å². The minimum Gasteiger partial charge on any atom is -0.454 e. The molecule has 0 amide bonds. The summed E-state index contributed by atoms with van der Waals surface area (Å²) in [6.07, 6.45) is 1.71. The molecule has 6 heteroatoms. The number of rotatable bonds is 4. The molecule has 0 atom stereocenters. The van der Waals surface area contributed by atoms with Crippen molar-refractivity contribution in [3.8, 4) is 0 Å². The van der Waals surface area contributed by atoms with Crippen LogP contribution in [0.1, 0.15) is 54.4 Å². The van der Waals surface area contributed by atoms with Gasteiger partial charge in [-0.3, -0.25) is 4.79 Å². The Labute approximate surface area is 149 Å². The lowest BCUT2D eigenvalue weighted by molar-refractivity contribution is -0.147. The van der Waals surface area contributed by atoms with E-state index in [0.717, 1.165) is 31.4 Å². The van der Waals surface area contributed by atoms with Gasteiger partial charge in [-0.05, 0) is 74.5 Å². The number of ether oxygens (including phenoxy) is 1. The van der Waals surface area contributed by atoms with Gasteiger partial charge in [0.25, 0.3) is 0 Å². The zero-order chi connectivity index (χ0) is 18.5. The Morgan fingerprint density at radius 1 is 1.04 bits per heavy atom. The minimum atomic E-state index is -4.52. The summed E-state index contributed by atoms with van der Waals surface area (Å²) in [6, 6.07) is 4.10. The zero-order valence-electron chi connectivity index (χ0n) is 14.3. The molecule has 4 bridgehead atoms. The summed E-state index contributed by atoms with van der Waals surface area (Å²) in [4.78, 5) is 24.9. The first-order valence-electron chi connectivity index (χ1n) is 9.13. The van der Waals surface area contributed by atoms with Gasteiger partial charge in [-0.15, -0.1) is 0 Å². The highest BCUT2D eigenvalue weighted by atomic mass is 19.4. The Morgan fingerprint density at radius 3 is 2.15 bits per heavy atom. The highest BCUT2D eigenvalue weighted by molar-refractivity contribution is 5.93. The Kier molecular flexibility index (Phi) is 4.12. The highest BCUT2D eigenvalue weighted by Gasteiger charge is 2.54. The fraction of sp³-hybridized carbons (Fsp3) is 0.600. The van der Waals surface area contributed by atoms with E-state index in [-0.39, 0.29) is 23.4 Å². The van der Waals surface area contributed by atoms with E-state index in [9.17, 15) is 22.8 Å². The molecule has 0 aromatic heterocycles. The van der Waals surface area contributed by atoms with Gasteiger partial charge in [0.05, 0.1) is 11.1 Å². The van der Waals surface area contributed by atoms with E-state index in [1.165, 1.54) is 31.4 Å². The van der Waals surface area contributed by atoms with Gasteiger partial charge in [0.1, 0.15) is 0 Å². The lowest BCUT2D eigenvalue weighted by Crippen LogP contribution is -2.51. The maximum Gasteiger partial charge on any atom is 0.416 e. The monoisotopic (exact) mass is 366 g/mol. The van der Waals surface area contributed by atoms with Crippen molar-refractivity contribution in [1.82, 2.24) is 0 Å². The largest absolute Gasteiger partial charge is 0.454 e. The average molecular weight is 366 g/mol. The molecule has 1 aromatic rings. The van der Waals surface area contributed by atoms with Crippen molar-refractivity contribution in [3.63, 3.8) is 0 Å². The Hall–Kier alpha value is -1.85. The maximum atomic E-state index is 12.8. The first-order chi connectivity index (χ1) is 12.2. The fourth-order valence-corrected chi connectivity index (χ4v) is 5.64. The molecule has 4 fully saturated rings. The molecule has 0 heterocycles. The van der Waals surface area contributed by atoms with Crippen LogP contribution >= 0.6 is 0 Å². The van der Waals surface area contributed by atoms with Gasteiger partial charge < -0.3 is 4.74 Å². The van der Waals surface area contributed by atoms with E-state index < -0.39 is 17.7 Å². The number of alkyl halides is 3. The van der Waals surface area contributed by atoms with E-state index in [0.29, 0.717) is 17.8 Å². The van der Waals surface area contributed by atoms with E-state index in [2.05, 4.69) is 0 Å². The third-order valence-electron chi connectivity index (χ3n) is 6.39. The molecule has 4 aliphatic carbocycles. The molecule has 5 rings (SSSR count). The van der Waals surface area contributed by atoms with Crippen LogP contribution in [0.3, 0.4) is 0 Å². The van der Waals surface area contributed by atoms with Crippen LogP contribution in [-0.2, 0) is 15.7 Å². The van der Waals surface area contributed by atoms with Crippen LogP contribution in [0, 0.1) is 23.2 Å². The molecule has 4 saturated carbocycles. The SMILES string of the molecule is O=C(OCC(=O)C12CC3CC(CC(C3)C1)C2)c1cccc(C(F)(F)F)c1. The van der Waals surface area contributed by atoms with Gasteiger partial charge in [0, 0.05) is 5.41 Å². The molecule has 0 aliphatic heterocycles. The van der Waals surface area contributed by atoms with E-state index in [1.54, 1.807) is 0 Å². The Morgan fingerprint density at radius 2 is 1.62 bits per heavy atom. The number of benzene rings is 1. The molecule has 0 spiro atoms. The quantitative estimate of drug-likeness (QED) is 0.729. The second-order valence-electron chi connectivity index (χ2n) is 8.28. The Bertz CT molecular complexity index is 703. The number of hydrogen-bond acceptors (Lipinski definition) is 3. The molecule has 0 N–H and O–H groups in total. The van der Waals surface area contributed by atoms with Crippen molar-refractivity contribution in [3.05, 3.63) is 35.4 Å². The van der Waals surface area contributed by atoms with Crippen molar-refractivity contribution in [2.75, 3.05) is 6.61 Å². The molecule has 0 radical (unpaired) electrons. The normalized spacial score (nSPS) is 32.5. The average Bonchev–Trinajstić information content (AvgIpc) is 2.57. The van der Waals surface area contributed by atoms with E-state index >= 15 is 0 Å². The summed E-state index contributed by atoms with van der Waals surface area (Å²) in [5.74, 6) is 0.865. The van der Waals surface area contributed by atoms with Crippen LogP contribution in [-0.4, -0.2) is 18.4 Å². The molecule has 0 saturated heterocycles. The van der Waals surface area contributed by atoms with Crippen LogP contribution in [0.5, 0.6) is 0 Å². The second kappa shape index (κ2) is 6.10. The van der Waals surface area contributed by atoms with Crippen molar-refractivity contribution in [2.24, 2.45) is 23.2 Å². The number of hydrogen-bond donors (Lipinski definition) is 0. The first-order valence-corrected chi connectivity index (χ1v) is 9.13. The summed E-state index contributed by atoms with van der Waals surface area (Å²) in [5, 5.41) is 0. The summed E-state index contributed by atoms with van der Waals surface area (Å²) >= 11 is 0. The lowest BCUT2D eigenvalue weighted by Gasteiger charge is -2.55. The summed E-state index contributed by atoms with van der Waals surface area (Å²) < 4.78 is 43.4. The number of carbonyl (C=O) groups excluding carboxylic acids is 2. The van der Waals surface area contributed by atoms with Crippen molar-refractivity contribution in [2.45, 2.75) is 44.7 Å². The zero-order valence-corrected chi connectivity index (χ0v) is 14.3. The maximum absolute atomic E-state index is 12.8. The number of carbonyl (C=O) groups is 2. The number of esters is 1. The van der Waals surface area contributed by atoms with E-state index in [4.69, 9.17) is 4.74 Å². The predicted molar refractivity (Wildman–Crippen MR) is 87.3 cm³/mol. The van der Waals surface area contributed by atoms with Gasteiger partial charge >= 0.3 is 12.1 Å². The minimum absolute atomic E-state index is 0.0584. The van der Waals surface area contributed by atoms with Gasteiger partial charge in [-0.25, -0.2) is 4.79 Å². The molecule has 1 aromatic carbocycles. The van der Waals surface area contributed by atoms with Gasteiger partial charge in [-0.2, -0.15) is 13.2 Å². The smallest absolute Gasteiger partial charge is 0.416 e. The first kappa shape index (κ1) is 17.6. The van der Waals surface area contributed by atoms with Crippen LogP contribution in [0.15, 0.2) is 24.3 Å². The van der Waals surface area contributed by atoms with Gasteiger partial charge in [0.2, 0.25) is 0 Å². The van der Waals surface area contributed by atoms with Crippen LogP contribution in [0.4, 0.5) is 13.2 Å². The lowest BCUT2D eigenvalue weighted by atomic mass is 9.48. The molecule has 4 aliphatic rings. The topological polar surface area (TPSA) is 43.4 Å². The van der Waals surface area contributed by atoms with Gasteiger partial charge in [0.15, 0.2) is 12.4 Å². The third-order valence-corrected chi connectivity index (χ3v) is 6.39. The molecule has 0 unspecified atom stereocenters. The van der Waals surface area contributed by atoms with E-state index in [1.807, 2.05) is 0 Å². The second-order valence-corrected chi connectivity index (χ2v) is 8.28. The number of halogens is 3. The third kappa shape index (κ3) is 3.14. The van der Waals surface area contributed by atoms with Gasteiger partial charge in [-0.1, -0.05) is 6.07 Å². The van der Waals surface area contributed by atoms with Crippen LogP contribution in [0.25, 0.3) is 0 Å². The van der Waals surface area contributed by atoms with Crippen LogP contribution in [0.2, 0.25) is 0 Å². The van der Waals surface area contributed by atoms with Crippen molar-refractivity contribution >= 4 is 11.8 Å². The molecular formula is C20H21F3O3. The Balaban J connectivity index is 1.41. The number of ketones is 1. The highest BCUT2D eigenvalue weighted by Crippen LogP contribution is 2.60. The molecule has 26 heavy (non-hydrogen) atoms. The summed E-state index contributed by atoms with van der Waals surface area (Å²) in [5.41, 5.74) is -1.46. The predicted octanol–water partition coefficient (Wildman–Crippen LogP) is 4.65. The molecular weight excluding hydrogens is 345 g/mol. The standard InChI is InChI=1S/C20H21F3O3/c21-20(22,23)16-3-1-2-15(7-16)18(25)26-11-17(24)19-8-12-4-13(9-19)6-14(5-12)10-19/h1-3,7,12-14H,4-6,8-11H2. The summed E-state index contributed by atoms with van der Waals surface area (Å²) in [6.45, 7) is -0.346.